The van der Waals surface area contributed by atoms with Gasteiger partial charge in [0.2, 0.25) is 5.75 Å². The highest BCUT2D eigenvalue weighted by atomic mass is 16.5. The lowest BCUT2D eigenvalue weighted by Gasteiger charge is -2.23. The van der Waals surface area contributed by atoms with Gasteiger partial charge in [0, 0.05) is 18.2 Å². The number of hydrogen-bond acceptors (Lipinski definition) is 5. The fourth-order valence-electron chi connectivity index (χ4n) is 2.92. The highest BCUT2D eigenvalue weighted by Crippen LogP contribution is 2.49. The van der Waals surface area contributed by atoms with E-state index in [-0.39, 0.29) is 6.04 Å². The summed E-state index contributed by atoms with van der Waals surface area (Å²) in [5.74, 6) is 2.82. The molecule has 1 aromatic carbocycles. The highest BCUT2D eigenvalue weighted by molar-refractivity contribution is 5.63. The summed E-state index contributed by atoms with van der Waals surface area (Å²) in [6, 6.07) is 2.77. The van der Waals surface area contributed by atoms with Crippen LogP contribution < -0.4 is 24.3 Å². The highest BCUT2D eigenvalue weighted by Gasteiger charge is 2.32. The van der Waals surface area contributed by atoms with E-state index in [1.54, 1.807) is 21.3 Å². The number of rotatable bonds is 5. The lowest BCUT2D eigenvalue weighted by Crippen LogP contribution is -2.23. The molecule has 0 amide bonds. The number of ether oxygens (including phenoxy) is 4. The number of hydrogen-bond donors (Lipinski definition) is 1. The minimum atomic E-state index is 0.241. The zero-order valence-electron chi connectivity index (χ0n) is 12.9. The summed E-state index contributed by atoms with van der Waals surface area (Å²) in [4.78, 5) is 0. The van der Waals surface area contributed by atoms with Gasteiger partial charge in [-0.2, -0.15) is 0 Å². The van der Waals surface area contributed by atoms with Crippen molar-refractivity contribution in [2.45, 2.75) is 37.8 Å². The van der Waals surface area contributed by atoms with Gasteiger partial charge in [-0.25, -0.2) is 0 Å². The standard InChI is InChI=1S/C16H23NO4/c1-18-13-9-12-14(16(20-3)15(13)19-2)11(5-4-8-21-12)17-10-6-7-10/h9-11,17H,4-8H2,1-3H3. The number of methoxy groups -OCH3 is 3. The van der Waals surface area contributed by atoms with Crippen LogP contribution in [0.4, 0.5) is 0 Å². The molecule has 1 aliphatic heterocycles. The molecule has 3 rings (SSSR count). The Kier molecular flexibility index (Phi) is 4.10. The Balaban J connectivity index is 2.09. The summed E-state index contributed by atoms with van der Waals surface area (Å²) < 4.78 is 22.5. The first kappa shape index (κ1) is 14.3. The van der Waals surface area contributed by atoms with Crippen LogP contribution in [0.15, 0.2) is 6.07 Å². The Labute approximate surface area is 125 Å². The number of fused-ring (bicyclic) bond motifs is 1. The summed E-state index contributed by atoms with van der Waals surface area (Å²) in [5.41, 5.74) is 1.06. The van der Waals surface area contributed by atoms with Crippen molar-refractivity contribution in [1.29, 1.82) is 0 Å². The Bertz CT molecular complexity index is 513. The molecule has 0 aromatic heterocycles. The van der Waals surface area contributed by atoms with Crippen LogP contribution in [0.25, 0.3) is 0 Å². The predicted molar refractivity (Wildman–Crippen MR) is 79.7 cm³/mol. The molecular weight excluding hydrogens is 270 g/mol. The zero-order chi connectivity index (χ0) is 14.8. The van der Waals surface area contributed by atoms with Crippen molar-refractivity contribution in [3.63, 3.8) is 0 Å². The summed E-state index contributed by atoms with van der Waals surface area (Å²) in [6.07, 6.45) is 4.56. The van der Waals surface area contributed by atoms with E-state index in [1.807, 2.05) is 6.07 Å². The summed E-state index contributed by atoms with van der Waals surface area (Å²) in [6.45, 7) is 0.717. The lowest BCUT2D eigenvalue weighted by molar-refractivity contribution is 0.300. The van der Waals surface area contributed by atoms with Crippen LogP contribution in [0, 0.1) is 0 Å². The van der Waals surface area contributed by atoms with Crippen LogP contribution in [-0.2, 0) is 0 Å². The molecule has 1 saturated carbocycles. The molecule has 5 nitrogen and oxygen atoms in total. The van der Waals surface area contributed by atoms with E-state index < -0.39 is 0 Å². The van der Waals surface area contributed by atoms with Crippen molar-refractivity contribution < 1.29 is 18.9 Å². The SMILES string of the molecule is COc1cc2c(c(OC)c1OC)C(NC1CC1)CCCO2. The first-order valence-electron chi connectivity index (χ1n) is 7.50. The maximum absolute atomic E-state index is 5.91. The summed E-state index contributed by atoms with van der Waals surface area (Å²) in [5, 5.41) is 3.70. The van der Waals surface area contributed by atoms with Crippen molar-refractivity contribution in [3.05, 3.63) is 11.6 Å². The first-order valence-corrected chi connectivity index (χ1v) is 7.50. The molecule has 21 heavy (non-hydrogen) atoms. The average molecular weight is 293 g/mol. The van der Waals surface area contributed by atoms with Gasteiger partial charge in [0.15, 0.2) is 11.5 Å². The molecule has 1 aliphatic carbocycles. The molecule has 1 unspecified atom stereocenters. The van der Waals surface area contributed by atoms with Crippen LogP contribution in [0.1, 0.15) is 37.3 Å². The maximum atomic E-state index is 5.91. The van der Waals surface area contributed by atoms with E-state index in [0.717, 1.165) is 24.2 Å². The van der Waals surface area contributed by atoms with Crippen LogP contribution in [-0.4, -0.2) is 34.0 Å². The third kappa shape index (κ3) is 2.75. The van der Waals surface area contributed by atoms with E-state index in [4.69, 9.17) is 18.9 Å². The Morgan fingerprint density at radius 3 is 2.43 bits per heavy atom. The second kappa shape index (κ2) is 6.02. The molecule has 1 heterocycles. The summed E-state index contributed by atoms with van der Waals surface area (Å²) in [7, 11) is 4.92. The van der Waals surface area contributed by atoms with Crippen molar-refractivity contribution in [2.24, 2.45) is 0 Å². The smallest absolute Gasteiger partial charge is 0.203 e. The van der Waals surface area contributed by atoms with Gasteiger partial charge < -0.3 is 24.3 Å². The molecule has 1 N–H and O–H groups in total. The molecule has 116 valence electrons. The molecule has 1 aromatic rings. The van der Waals surface area contributed by atoms with Gasteiger partial charge in [0.1, 0.15) is 5.75 Å². The third-order valence-electron chi connectivity index (χ3n) is 4.09. The molecule has 0 radical (unpaired) electrons. The molecule has 1 fully saturated rings. The lowest BCUT2D eigenvalue weighted by atomic mass is 9.99. The fourth-order valence-corrected chi connectivity index (χ4v) is 2.92. The monoisotopic (exact) mass is 293 g/mol. The molecule has 0 bridgehead atoms. The number of nitrogens with one attached hydrogen (secondary N) is 1. The maximum Gasteiger partial charge on any atom is 0.203 e. The van der Waals surface area contributed by atoms with Crippen LogP contribution in [0.5, 0.6) is 23.0 Å². The van der Waals surface area contributed by atoms with E-state index >= 15 is 0 Å². The van der Waals surface area contributed by atoms with Crippen LogP contribution >= 0.6 is 0 Å². The van der Waals surface area contributed by atoms with Crippen LogP contribution in [0.2, 0.25) is 0 Å². The molecule has 2 aliphatic rings. The van der Waals surface area contributed by atoms with E-state index in [9.17, 15) is 0 Å². The average Bonchev–Trinajstić information content (AvgIpc) is 3.33. The Morgan fingerprint density at radius 2 is 1.81 bits per heavy atom. The Hall–Kier alpha value is -1.62. The van der Waals surface area contributed by atoms with Crippen molar-refractivity contribution in [2.75, 3.05) is 27.9 Å². The van der Waals surface area contributed by atoms with E-state index in [2.05, 4.69) is 5.32 Å². The predicted octanol–water partition coefficient (Wildman–Crippen LogP) is 2.68. The second-order valence-corrected chi connectivity index (χ2v) is 5.54. The van der Waals surface area contributed by atoms with Crippen molar-refractivity contribution >= 4 is 0 Å². The van der Waals surface area contributed by atoms with E-state index in [0.29, 0.717) is 29.9 Å². The van der Waals surface area contributed by atoms with Crippen molar-refractivity contribution in [3.8, 4) is 23.0 Å². The van der Waals surface area contributed by atoms with Gasteiger partial charge in [-0.1, -0.05) is 0 Å². The quantitative estimate of drug-likeness (QED) is 0.904. The largest absolute Gasteiger partial charge is 0.493 e. The molecule has 0 saturated heterocycles. The van der Waals surface area contributed by atoms with Gasteiger partial charge in [-0.05, 0) is 25.7 Å². The molecular formula is C16H23NO4. The summed E-state index contributed by atoms with van der Waals surface area (Å²) >= 11 is 0. The van der Waals surface area contributed by atoms with Gasteiger partial charge in [0.25, 0.3) is 0 Å². The number of benzene rings is 1. The Morgan fingerprint density at radius 1 is 1.05 bits per heavy atom. The second-order valence-electron chi connectivity index (χ2n) is 5.54. The van der Waals surface area contributed by atoms with Gasteiger partial charge >= 0.3 is 0 Å². The normalized spacial score (nSPS) is 21.0. The molecule has 5 heteroatoms. The van der Waals surface area contributed by atoms with Crippen molar-refractivity contribution in [1.82, 2.24) is 5.32 Å². The van der Waals surface area contributed by atoms with Gasteiger partial charge in [-0.15, -0.1) is 0 Å². The van der Waals surface area contributed by atoms with E-state index in [1.165, 1.54) is 12.8 Å². The molecule has 0 spiro atoms. The fraction of sp³-hybridized carbons (Fsp3) is 0.625. The molecule has 1 atom stereocenters. The van der Waals surface area contributed by atoms with Gasteiger partial charge in [-0.3, -0.25) is 0 Å². The topological polar surface area (TPSA) is 49.0 Å². The minimum absolute atomic E-state index is 0.241. The first-order chi connectivity index (χ1) is 10.3. The third-order valence-corrected chi connectivity index (χ3v) is 4.09. The van der Waals surface area contributed by atoms with Crippen LogP contribution in [0.3, 0.4) is 0 Å². The zero-order valence-corrected chi connectivity index (χ0v) is 12.9. The van der Waals surface area contributed by atoms with Gasteiger partial charge in [0.05, 0.1) is 33.5 Å². The minimum Gasteiger partial charge on any atom is -0.493 e.